The zero-order valence-electron chi connectivity index (χ0n) is 17.5. The molecule has 3 rings (SSSR count). The van der Waals surface area contributed by atoms with Gasteiger partial charge in [-0.25, -0.2) is 4.79 Å². The van der Waals surface area contributed by atoms with E-state index in [0.717, 1.165) is 43.5 Å². The number of para-hydroxylation sites is 1. The second-order valence-corrected chi connectivity index (χ2v) is 7.64. The van der Waals surface area contributed by atoms with Gasteiger partial charge < -0.3 is 15.0 Å². The van der Waals surface area contributed by atoms with E-state index < -0.39 is 5.97 Å². The minimum atomic E-state index is -0.489. The molecule has 154 valence electrons. The average Bonchev–Trinajstić information content (AvgIpc) is 2.75. The normalized spacial score (nSPS) is 16.4. The van der Waals surface area contributed by atoms with Crippen LogP contribution in [0.25, 0.3) is 0 Å². The third-order valence-electron chi connectivity index (χ3n) is 5.77. The van der Waals surface area contributed by atoms with E-state index >= 15 is 0 Å². The van der Waals surface area contributed by atoms with Crippen LogP contribution >= 0.6 is 0 Å². The summed E-state index contributed by atoms with van der Waals surface area (Å²) in [4.78, 5) is 27.2. The number of amides is 1. The van der Waals surface area contributed by atoms with Gasteiger partial charge in [0.1, 0.15) is 0 Å². The Balaban J connectivity index is 1.68. The molecule has 5 heteroatoms. The van der Waals surface area contributed by atoms with Crippen molar-refractivity contribution in [2.75, 3.05) is 18.5 Å². The summed E-state index contributed by atoms with van der Waals surface area (Å²) in [6.07, 6.45) is 4.12. The van der Waals surface area contributed by atoms with Crippen molar-refractivity contribution in [2.24, 2.45) is 0 Å². The van der Waals surface area contributed by atoms with E-state index in [1.165, 1.54) is 5.56 Å². The number of nitrogens with one attached hydrogen (secondary N) is 1. The third-order valence-corrected chi connectivity index (χ3v) is 5.77. The highest BCUT2D eigenvalue weighted by atomic mass is 16.5. The number of hydrogen-bond acceptors (Lipinski definition) is 4. The van der Waals surface area contributed by atoms with Crippen LogP contribution in [0.5, 0.6) is 0 Å². The number of carbonyl (C=O) groups excluding carboxylic acids is 2. The van der Waals surface area contributed by atoms with E-state index in [4.69, 9.17) is 4.74 Å². The molecule has 0 unspecified atom stereocenters. The van der Waals surface area contributed by atoms with Crippen molar-refractivity contribution >= 4 is 23.3 Å². The molecule has 2 aromatic carbocycles. The van der Waals surface area contributed by atoms with Crippen LogP contribution in [0.3, 0.4) is 0 Å². The van der Waals surface area contributed by atoms with Crippen molar-refractivity contribution in [3.05, 3.63) is 59.2 Å². The number of esters is 1. The van der Waals surface area contributed by atoms with Crippen LogP contribution in [0.4, 0.5) is 11.4 Å². The Morgan fingerprint density at radius 1 is 1.07 bits per heavy atom. The van der Waals surface area contributed by atoms with E-state index in [1.807, 2.05) is 36.1 Å². The van der Waals surface area contributed by atoms with Gasteiger partial charge >= 0.3 is 5.97 Å². The fraction of sp³-hybridized carbons (Fsp3) is 0.417. The molecule has 0 radical (unpaired) electrons. The number of likely N-dealkylation sites (tertiary alicyclic amines) is 1. The lowest BCUT2D eigenvalue weighted by Gasteiger charge is -2.35. The van der Waals surface area contributed by atoms with Crippen LogP contribution in [0.2, 0.25) is 0 Å². The van der Waals surface area contributed by atoms with E-state index in [1.54, 1.807) is 12.1 Å². The molecule has 0 saturated carbocycles. The molecule has 1 heterocycles. The predicted molar refractivity (Wildman–Crippen MR) is 116 cm³/mol. The van der Waals surface area contributed by atoms with E-state index in [2.05, 4.69) is 25.2 Å². The first kappa shape index (κ1) is 20.9. The van der Waals surface area contributed by atoms with E-state index in [9.17, 15) is 9.59 Å². The highest BCUT2D eigenvalue weighted by Crippen LogP contribution is 2.26. The Hall–Kier alpha value is -2.82. The molecule has 29 heavy (non-hydrogen) atoms. The minimum Gasteiger partial charge on any atom is -0.452 e. The first-order chi connectivity index (χ1) is 14.0. The SMILES string of the molecule is CC[C@@H]1CCCCN1C(=O)COC(=O)c1ccccc1Nc1cccc(C)c1C. The lowest BCUT2D eigenvalue weighted by atomic mass is 10.00. The van der Waals surface area contributed by atoms with Gasteiger partial charge in [0, 0.05) is 18.3 Å². The molecular weight excluding hydrogens is 364 g/mol. The fourth-order valence-corrected chi connectivity index (χ4v) is 3.84. The molecular formula is C24H30N2O3. The number of benzene rings is 2. The topological polar surface area (TPSA) is 58.6 Å². The van der Waals surface area contributed by atoms with Crippen LogP contribution in [-0.4, -0.2) is 36.0 Å². The average molecular weight is 395 g/mol. The number of piperidine rings is 1. The van der Waals surface area contributed by atoms with Gasteiger partial charge in [0.2, 0.25) is 0 Å². The van der Waals surface area contributed by atoms with Gasteiger partial charge in [-0.05, 0) is 68.9 Å². The number of aryl methyl sites for hydroxylation is 1. The summed E-state index contributed by atoms with van der Waals surface area (Å²) in [5.41, 5.74) is 4.34. The van der Waals surface area contributed by atoms with Crippen LogP contribution in [-0.2, 0) is 9.53 Å². The number of ether oxygens (including phenoxy) is 1. The van der Waals surface area contributed by atoms with Crippen molar-refractivity contribution in [2.45, 2.75) is 52.5 Å². The van der Waals surface area contributed by atoms with Crippen molar-refractivity contribution < 1.29 is 14.3 Å². The highest BCUT2D eigenvalue weighted by Gasteiger charge is 2.26. The van der Waals surface area contributed by atoms with Crippen molar-refractivity contribution in [3.8, 4) is 0 Å². The molecule has 1 aliphatic rings. The minimum absolute atomic E-state index is 0.107. The highest BCUT2D eigenvalue weighted by molar-refractivity contribution is 5.97. The number of rotatable bonds is 6. The molecule has 1 N–H and O–H groups in total. The molecule has 2 aromatic rings. The summed E-state index contributed by atoms with van der Waals surface area (Å²) in [5.74, 6) is -0.596. The lowest BCUT2D eigenvalue weighted by molar-refractivity contribution is -0.138. The molecule has 1 saturated heterocycles. The number of carbonyl (C=O) groups is 2. The van der Waals surface area contributed by atoms with Gasteiger partial charge in [0.05, 0.1) is 11.3 Å². The summed E-state index contributed by atoms with van der Waals surface area (Å²) >= 11 is 0. The second-order valence-electron chi connectivity index (χ2n) is 7.64. The molecule has 0 aromatic heterocycles. The van der Waals surface area contributed by atoms with Gasteiger partial charge in [0.25, 0.3) is 5.91 Å². The smallest absolute Gasteiger partial charge is 0.340 e. The van der Waals surface area contributed by atoms with Gasteiger partial charge in [-0.3, -0.25) is 4.79 Å². The molecule has 0 bridgehead atoms. The number of nitrogens with zero attached hydrogens (tertiary/aromatic N) is 1. The summed E-state index contributed by atoms with van der Waals surface area (Å²) in [5, 5.41) is 3.33. The first-order valence-electron chi connectivity index (χ1n) is 10.4. The molecule has 1 atom stereocenters. The number of hydrogen-bond donors (Lipinski definition) is 1. The van der Waals surface area contributed by atoms with Gasteiger partial charge in [-0.1, -0.05) is 31.2 Å². The predicted octanol–water partition coefficient (Wildman–Crippen LogP) is 4.99. The molecule has 1 amide bonds. The summed E-state index contributed by atoms with van der Waals surface area (Å²) in [6.45, 7) is 6.72. The van der Waals surface area contributed by atoms with Crippen LogP contribution in [0.1, 0.15) is 54.1 Å². The maximum absolute atomic E-state index is 12.7. The fourth-order valence-electron chi connectivity index (χ4n) is 3.84. The standard InChI is InChI=1S/C24H30N2O3/c1-4-19-11-7-8-15-26(19)23(27)16-29-24(28)20-12-5-6-13-22(20)25-21-14-9-10-17(2)18(21)3/h5-6,9-10,12-14,19,25H,4,7-8,11,15-16H2,1-3H3/t19-/m1/s1. The van der Waals surface area contributed by atoms with Crippen LogP contribution in [0, 0.1) is 13.8 Å². The maximum Gasteiger partial charge on any atom is 0.340 e. The molecule has 1 fully saturated rings. The van der Waals surface area contributed by atoms with Crippen LogP contribution < -0.4 is 5.32 Å². The molecule has 1 aliphatic heterocycles. The zero-order chi connectivity index (χ0) is 20.8. The van der Waals surface area contributed by atoms with E-state index in [-0.39, 0.29) is 18.6 Å². The summed E-state index contributed by atoms with van der Waals surface area (Å²) in [7, 11) is 0. The molecule has 0 spiro atoms. The van der Waals surface area contributed by atoms with E-state index in [0.29, 0.717) is 11.3 Å². The zero-order valence-corrected chi connectivity index (χ0v) is 17.5. The van der Waals surface area contributed by atoms with Crippen molar-refractivity contribution in [1.29, 1.82) is 0 Å². The largest absolute Gasteiger partial charge is 0.452 e. The Labute approximate surface area is 173 Å². The van der Waals surface area contributed by atoms with Crippen molar-refractivity contribution in [3.63, 3.8) is 0 Å². The Morgan fingerprint density at radius 3 is 2.62 bits per heavy atom. The first-order valence-corrected chi connectivity index (χ1v) is 10.4. The Bertz CT molecular complexity index is 878. The monoisotopic (exact) mass is 394 g/mol. The Morgan fingerprint density at radius 2 is 1.83 bits per heavy atom. The van der Waals surface area contributed by atoms with Gasteiger partial charge in [-0.15, -0.1) is 0 Å². The van der Waals surface area contributed by atoms with Gasteiger partial charge in [-0.2, -0.15) is 0 Å². The van der Waals surface area contributed by atoms with Crippen molar-refractivity contribution in [1.82, 2.24) is 4.90 Å². The molecule has 5 nitrogen and oxygen atoms in total. The Kier molecular flexibility index (Phi) is 6.91. The second kappa shape index (κ2) is 9.59. The lowest BCUT2D eigenvalue weighted by Crippen LogP contribution is -2.45. The van der Waals surface area contributed by atoms with Gasteiger partial charge in [0.15, 0.2) is 6.61 Å². The van der Waals surface area contributed by atoms with Crippen LogP contribution in [0.15, 0.2) is 42.5 Å². The number of anilines is 2. The maximum atomic E-state index is 12.7. The quantitative estimate of drug-likeness (QED) is 0.701. The summed E-state index contributed by atoms with van der Waals surface area (Å²) in [6, 6.07) is 13.5. The summed E-state index contributed by atoms with van der Waals surface area (Å²) < 4.78 is 5.40. The third kappa shape index (κ3) is 4.97. The molecule has 0 aliphatic carbocycles.